The van der Waals surface area contributed by atoms with Gasteiger partial charge >= 0.3 is 0 Å². The SMILES string of the molecule is Cc1ccc(-c2c3c(c(-c4ccc(-c5cc6c(s5)-c5sc(C)cc5[Si]6(C)C)s4)c4nsnc24)N=S=N3)s1. The highest BCUT2D eigenvalue weighted by Gasteiger charge is 2.41. The Morgan fingerprint density at radius 3 is 1.95 bits per heavy atom. The standard InChI is InChI=1S/C26H18N4S6Si/c1-11-5-6-14(31-11)19-21-23(29-35-27-21)20(24-22(19)28-36-30-24)15-8-7-13(33-15)16-10-18-26(34-16)25-17(37(18,3)4)9-12(2)32-25/h5-10H,1-4H3. The van der Waals surface area contributed by atoms with Crippen LogP contribution >= 0.6 is 57.1 Å². The zero-order valence-electron chi connectivity index (χ0n) is 20.2. The Hall–Kier alpha value is -2.12. The molecule has 7 heterocycles. The molecule has 0 saturated heterocycles. The number of fused-ring (bicyclic) bond motifs is 5. The Morgan fingerprint density at radius 1 is 0.622 bits per heavy atom. The van der Waals surface area contributed by atoms with Gasteiger partial charge in [0.05, 0.1) is 23.1 Å². The largest absolute Gasteiger partial charge is 0.172 e. The Morgan fingerprint density at radius 2 is 1.24 bits per heavy atom. The van der Waals surface area contributed by atoms with Gasteiger partial charge in [-0.3, -0.25) is 0 Å². The van der Waals surface area contributed by atoms with Gasteiger partial charge in [0.25, 0.3) is 0 Å². The number of thiophene rings is 4. The summed E-state index contributed by atoms with van der Waals surface area (Å²) >= 11 is 10.1. The molecule has 37 heavy (non-hydrogen) atoms. The molecule has 0 aliphatic carbocycles. The molecule has 8 rings (SSSR count). The molecule has 0 unspecified atom stereocenters. The Labute approximate surface area is 238 Å². The minimum absolute atomic E-state index is 0.931. The molecule has 0 fully saturated rings. The second-order valence-corrected chi connectivity index (χ2v) is 19.9. The minimum atomic E-state index is -1.63. The van der Waals surface area contributed by atoms with Crippen LogP contribution < -0.4 is 10.4 Å². The lowest BCUT2D eigenvalue weighted by molar-refractivity contribution is 1.54. The second-order valence-electron chi connectivity index (χ2n) is 9.83. The van der Waals surface area contributed by atoms with Crippen molar-refractivity contribution in [3.05, 3.63) is 46.2 Å². The summed E-state index contributed by atoms with van der Waals surface area (Å²) in [7, 11) is -1.63. The first-order valence-corrected chi connectivity index (χ1v) is 19.5. The number of aromatic nitrogens is 2. The molecule has 0 bridgehead atoms. The lowest BCUT2D eigenvalue weighted by Crippen LogP contribution is -2.48. The number of benzene rings is 1. The summed E-state index contributed by atoms with van der Waals surface area (Å²) < 4.78 is 19.0. The van der Waals surface area contributed by atoms with Crippen LogP contribution in [0.4, 0.5) is 11.4 Å². The van der Waals surface area contributed by atoms with Crippen LogP contribution in [0.25, 0.3) is 51.4 Å². The smallest absolute Gasteiger partial charge is 0.116 e. The van der Waals surface area contributed by atoms with Crippen LogP contribution in [-0.2, 0) is 11.4 Å². The lowest BCUT2D eigenvalue weighted by atomic mass is 10.0. The molecule has 11 heteroatoms. The molecule has 0 radical (unpaired) electrons. The predicted molar refractivity (Wildman–Crippen MR) is 168 cm³/mol. The molecule has 0 amide bonds. The van der Waals surface area contributed by atoms with E-state index in [2.05, 4.69) is 63.3 Å². The first-order chi connectivity index (χ1) is 17.9. The van der Waals surface area contributed by atoms with Gasteiger partial charge in [0.1, 0.15) is 30.5 Å². The Balaban J connectivity index is 1.28. The van der Waals surface area contributed by atoms with Crippen molar-refractivity contribution >= 4 is 109 Å². The van der Waals surface area contributed by atoms with Gasteiger partial charge in [0.2, 0.25) is 0 Å². The van der Waals surface area contributed by atoms with E-state index in [0.29, 0.717) is 0 Å². The van der Waals surface area contributed by atoms with Crippen molar-refractivity contribution in [1.29, 1.82) is 0 Å². The van der Waals surface area contributed by atoms with E-state index in [1.807, 2.05) is 34.0 Å². The summed E-state index contributed by atoms with van der Waals surface area (Å²) in [6, 6.07) is 13.7. The average Bonchev–Trinajstić information content (AvgIpc) is 3.68. The number of hydrogen-bond acceptors (Lipinski definition) is 9. The van der Waals surface area contributed by atoms with Gasteiger partial charge in [0, 0.05) is 50.1 Å². The molecule has 6 aromatic rings. The molecule has 0 saturated carbocycles. The summed E-state index contributed by atoms with van der Waals surface area (Å²) in [4.78, 5) is 10.7. The van der Waals surface area contributed by atoms with Crippen molar-refractivity contribution in [2.24, 2.45) is 8.73 Å². The van der Waals surface area contributed by atoms with Crippen LogP contribution in [0.15, 0.2) is 45.1 Å². The highest BCUT2D eigenvalue weighted by Crippen LogP contribution is 2.54. The van der Waals surface area contributed by atoms with Crippen LogP contribution in [0.5, 0.6) is 0 Å². The van der Waals surface area contributed by atoms with Gasteiger partial charge < -0.3 is 0 Å². The molecule has 2 aliphatic heterocycles. The van der Waals surface area contributed by atoms with Crippen molar-refractivity contribution in [3.63, 3.8) is 0 Å². The van der Waals surface area contributed by atoms with Crippen LogP contribution in [0.3, 0.4) is 0 Å². The van der Waals surface area contributed by atoms with E-state index in [4.69, 9.17) is 17.5 Å². The van der Waals surface area contributed by atoms with Gasteiger partial charge in [0.15, 0.2) is 0 Å². The summed E-state index contributed by atoms with van der Waals surface area (Å²) in [6.07, 6.45) is 0. The Kier molecular flexibility index (Phi) is 4.90. The number of aryl methyl sites for hydroxylation is 2. The van der Waals surface area contributed by atoms with E-state index in [0.717, 1.165) is 33.5 Å². The van der Waals surface area contributed by atoms with Gasteiger partial charge in [-0.25, -0.2) is 0 Å². The summed E-state index contributed by atoms with van der Waals surface area (Å²) in [5, 5.41) is 3.21. The first-order valence-electron chi connectivity index (χ1n) is 11.7. The number of nitrogens with zero attached hydrogens (tertiary/aromatic N) is 4. The molecule has 1 aromatic carbocycles. The monoisotopic (exact) mass is 606 g/mol. The topological polar surface area (TPSA) is 50.5 Å². The molecule has 0 atom stereocenters. The van der Waals surface area contributed by atoms with Crippen molar-refractivity contribution in [3.8, 4) is 40.4 Å². The molecule has 2 aliphatic rings. The molecule has 182 valence electrons. The van der Waals surface area contributed by atoms with Crippen LogP contribution in [0.1, 0.15) is 9.75 Å². The molecule has 0 spiro atoms. The van der Waals surface area contributed by atoms with Crippen LogP contribution in [0.2, 0.25) is 13.1 Å². The minimum Gasteiger partial charge on any atom is -0.172 e. The van der Waals surface area contributed by atoms with E-state index in [1.54, 1.807) is 21.7 Å². The Bertz CT molecular complexity index is 1990. The van der Waals surface area contributed by atoms with Crippen molar-refractivity contribution < 1.29 is 0 Å². The van der Waals surface area contributed by atoms with E-state index in [1.165, 1.54) is 62.1 Å². The van der Waals surface area contributed by atoms with Crippen molar-refractivity contribution in [2.45, 2.75) is 26.9 Å². The maximum absolute atomic E-state index is 4.77. The maximum atomic E-state index is 4.77. The average molecular weight is 607 g/mol. The third kappa shape index (κ3) is 3.19. The lowest BCUT2D eigenvalue weighted by Gasteiger charge is -2.15. The normalized spacial score (nSPS) is 14.8. The fourth-order valence-electron chi connectivity index (χ4n) is 5.34. The maximum Gasteiger partial charge on any atom is 0.116 e. The van der Waals surface area contributed by atoms with E-state index in [-0.39, 0.29) is 0 Å². The zero-order chi connectivity index (χ0) is 25.1. The predicted octanol–water partition coefficient (Wildman–Crippen LogP) is 9.08. The molecule has 4 nitrogen and oxygen atoms in total. The first kappa shape index (κ1) is 22.8. The van der Waals surface area contributed by atoms with E-state index >= 15 is 0 Å². The van der Waals surface area contributed by atoms with Gasteiger partial charge in [-0.05, 0) is 60.6 Å². The van der Waals surface area contributed by atoms with Crippen molar-refractivity contribution in [1.82, 2.24) is 8.75 Å². The fourth-order valence-corrected chi connectivity index (χ4v) is 15.6. The van der Waals surface area contributed by atoms with E-state index in [9.17, 15) is 0 Å². The van der Waals surface area contributed by atoms with Gasteiger partial charge in [-0.1, -0.05) is 13.1 Å². The van der Waals surface area contributed by atoms with Gasteiger partial charge in [-0.15, -0.1) is 45.3 Å². The van der Waals surface area contributed by atoms with Crippen LogP contribution in [0, 0.1) is 13.8 Å². The number of rotatable bonds is 3. The zero-order valence-corrected chi connectivity index (χ0v) is 26.1. The molecular weight excluding hydrogens is 589 g/mol. The van der Waals surface area contributed by atoms with Gasteiger partial charge in [-0.2, -0.15) is 17.5 Å². The van der Waals surface area contributed by atoms with E-state index < -0.39 is 8.07 Å². The molecule has 0 N–H and O–H groups in total. The fraction of sp³-hybridized carbons (Fsp3) is 0.154. The quantitative estimate of drug-likeness (QED) is 0.188. The highest BCUT2D eigenvalue weighted by molar-refractivity contribution is 7.58. The molecule has 5 aromatic heterocycles. The highest BCUT2D eigenvalue weighted by atomic mass is 32.1. The number of hydrogen-bond donors (Lipinski definition) is 0. The van der Waals surface area contributed by atoms with Crippen molar-refractivity contribution in [2.75, 3.05) is 0 Å². The summed E-state index contributed by atoms with van der Waals surface area (Å²) in [6.45, 7) is 9.36. The second kappa shape index (κ2) is 7.95. The van der Waals surface area contributed by atoms with Crippen LogP contribution in [-0.4, -0.2) is 16.8 Å². The third-order valence-electron chi connectivity index (χ3n) is 7.15. The molecular formula is C26H18N4S6Si. The summed E-state index contributed by atoms with van der Waals surface area (Å²) in [5.74, 6) is 0. The third-order valence-corrected chi connectivity index (χ3v) is 16.7. The summed E-state index contributed by atoms with van der Waals surface area (Å²) in [5.41, 5.74) is 5.85.